The Labute approximate surface area is 96.8 Å². The molecule has 0 bridgehead atoms. The number of methoxy groups -OCH3 is 1. The Morgan fingerprint density at radius 2 is 2.27 bits per heavy atom. The number of nitrogens with zero attached hydrogens (tertiary/aromatic N) is 1. The SMILES string of the molecule is COc1cc(C#N)c(C)c(C(=O)CBr)c1. The molecule has 0 aliphatic carbocycles. The van der Waals surface area contributed by atoms with Gasteiger partial charge in [0.1, 0.15) is 5.75 Å². The quantitative estimate of drug-likeness (QED) is 0.625. The van der Waals surface area contributed by atoms with Crippen LogP contribution in [0.1, 0.15) is 21.5 Å². The number of carbonyl (C=O) groups excluding carboxylic acids is 1. The van der Waals surface area contributed by atoms with Gasteiger partial charge in [0.15, 0.2) is 5.78 Å². The van der Waals surface area contributed by atoms with Gasteiger partial charge in [-0.1, -0.05) is 15.9 Å². The van der Waals surface area contributed by atoms with Crippen LogP contribution in [0.4, 0.5) is 0 Å². The number of Topliss-reactive ketones (excluding diaryl/α,β-unsaturated/α-hetero) is 1. The number of ether oxygens (including phenoxy) is 1. The van der Waals surface area contributed by atoms with E-state index in [1.165, 1.54) is 7.11 Å². The zero-order chi connectivity index (χ0) is 11.4. The molecule has 15 heavy (non-hydrogen) atoms. The molecular weight excluding hydrogens is 258 g/mol. The lowest BCUT2D eigenvalue weighted by atomic mass is 10.00. The Balaban J connectivity index is 3.38. The normalized spacial score (nSPS) is 9.47. The smallest absolute Gasteiger partial charge is 0.173 e. The Bertz CT molecular complexity index is 435. The van der Waals surface area contributed by atoms with Crippen molar-refractivity contribution in [1.29, 1.82) is 5.26 Å². The number of nitriles is 1. The fraction of sp³-hybridized carbons (Fsp3) is 0.273. The van der Waals surface area contributed by atoms with Crippen LogP contribution in [0.2, 0.25) is 0 Å². The van der Waals surface area contributed by atoms with Crippen molar-refractivity contribution in [1.82, 2.24) is 0 Å². The summed E-state index contributed by atoms with van der Waals surface area (Å²) < 4.78 is 5.03. The van der Waals surface area contributed by atoms with Gasteiger partial charge in [-0.05, 0) is 24.6 Å². The molecule has 0 N–H and O–H groups in total. The lowest BCUT2D eigenvalue weighted by molar-refractivity contribution is 0.102. The molecule has 1 rings (SSSR count). The number of carbonyl (C=O) groups is 1. The van der Waals surface area contributed by atoms with Crippen LogP contribution in [0.25, 0.3) is 0 Å². The topological polar surface area (TPSA) is 50.1 Å². The minimum absolute atomic E-state index is 0.0529. The van der Waals surface area contributed by atoms with Crippen LogP contribution in [0.3, 0.4) is 0 Å². The molecule has 0 saturated carbocycles. The molecule has 0 atom stereocenters. The van der Waals surface area contributed by atoms with Gasteiger partial charge < -0.3 is 4.74 Å². The van der Waals surface area contributed by atoms with Gasteiger partial charge in [0.2, 0.25) is 0 Å². The third kappa shape index (κ3) is 2.37. The number of alkyl halides is 1. The van der Waals surface area contributed by atoms with Crippen LogP contribution in [0.5, 0.6) is 5.75 Å². The van der Waals surface area contributed by atoms with Gasteiger partial charge >= 0.3 is 0 Å². The summed E-state index contributed by atoms with van der Waals surface area (Å²) in [5.41, 5.74) is 1.70. The fourth-order valence-corrected chi connectivity index (χ4v) is 1.59. The zero-order valence-electron chi connectivity index (χ0n) is 8.50. The molecule has 0 unspecified atom stereocenters. The Morgan fingerprint density at radius 1 is 1.60 bits per heavy atom. The first kappa shape index (κ1) is 11.7. The molecule has 0 aliphatic rings. The van der Waals surface area contributed by atoms with Crippen LogP contribution in [0.15, 0.2) is 12.1 Å². The minimum atomic E-state index is -0.0529. The molecule has 0 amide bonds. The molecule has 1 aromatic rings. The second kappa shape index (κ2) is 4.94. The standard InChI is InChI=1S/C11H10BrNO2/c1-7-8(6-13)3-9(15-2)4-10(7)11(14)5-12/h3-4H,5H2,1-2H3. The maximum absolute atomic E-state index is 11.6. The fourth-order valence-electron chi connectivity index (χ4n) is 1.28. The van der Waals surface area contributed by atoms with E-state index in [0.717, 1.165) is 0 Å². The Hall–Kier alpha value is -1.34. The Kier molecular flexibility index (Phi) is 3.87. The van der Waals surface area contributed by atoms with Crippen molar-refractivity contribution in [2.24, 2.45) is 0 Å². The molecule has 0 heterocycles. The summed E-state index contributed by atoms with van der Waals surface area (Å²) in [7, 11) is 1.51. The maximum Gasteiger partial charge on any atom is 0.173 e. The van der Waals surface area contributed by atoms with Crippen LogP contribution >= 0.6 is 15.9 Å². The molecule has 3 nitrogen and oxygen atoms in total. The number of ketones is 1. The highest BCUT2D eigenvalue weighted by molar-refractivity contribution is 9.09. The van der Waals surface area contributed by atoms with Crippen molar-refractivity contribution in [2.45, 2.75) is 6.92 Å². The van der Waals surface area contributed by atoms with Gasteiger partial charge in [-0.15, -0.1) is 0 Å². The molecule has 0 spiro atoms. The molecule has 4 heteroatoms. The van der Waals surface area contributed by atoms with Crippen LogP contribution < -0.4 is 4.74 Å². The summed E-state index contributed by atoms with van der Waals surface area (Å²) in [6.07, 6.45) is 0. The largest absolute Gasteiger partial charge is 0.497 e. The molecule has 0 aliphatic heterocycles. The van der Waals surface area contributed by atoms with E-state index in [0.29, 0.717) is 22.4 Å². The Morgan fingerprint density at radius 3 is 2.73 bits per heavy atom. The van der Waals surface area contributed by atoms with E-state index in [1.54, 1.807) is 19.1 Å². The minimum Gasteiger partial charge on any atom is -0.497 e. The highest BCUT2D eigenvalue weighted by Gasteiger charge is 2.13. The predicted molar refractivity (Wildman–Crippen MR) is 60.6 cm³/mol. The van der Waals surface area contributed by atoms with Crippen molar-refractivity contribution in [2.75, 3.05) is 12.4 Å². The lowest BCUT2D eigenvalue weighted by Gasteiger charge is -2.08. The number of halogens is 1. The average molecular weight is 268 g/mol. The maximum atomic E-state index is 11.6. The third-order valence-electron chi connectivity index (χ3n) is 2.16. The summed E-state index contributed by atoms with van der Waals surface area (Å²) in [6, 6.07) is 5.32. The summed E-state index contributed by atoms with van der Waals surface area (Å²) >= 11 is 3.11. The second-order valence-corrected chi connectivity index (χ2v) is 3.58. The van der Waals surface area contributed by atoms with Gasteiger partial charge in [0.25, 0.3) is 0 Å². The lowest BCUT2D eigenvalue weighted by Crippen LogP contribution is -2.05. The zero-order valence-corrected chi connectivity index (χ0v) is 10.1. The van der Waals surface area contributed by atoms with Crippen LogP contribution in [-0.4, -0.2) is 18.2 Å². The van der Waals surface area contributed by atoms with Gasteiger partial charge in [-0.3, -0.25) is 4.79 Å². The van der Waals surface area contributed by atoms with E-state index in [-0.39, 0.29) is 11.1 Å². The van der Waals surface area contributed by atoms with Crippen LogP contribution in [0, 0.1) is 18.3 Å². The highest BCUT2D eigenvalue weighted by atomic mass is 79.9. The number of hydrogen-bond acceptors (Lipinski definition) is 3. The van der Waals surface area contributed by atoms with Gasteiger partial charge in [-0.25, -0.2) is 0 Å². The summed E-state index contributed by atoms with van der Waals surface area (Å²) in [5, 5.41) is 9.13. The predicted octanol–water partition coefficient (Wildman–Crippen LogP) is 2.45. The summed E-state index contributed by atoms with van der Waals surface area (Å²) in [5.74, 6) is 0.476. The molecule has 0 aromatic heterocycles. The van der Waals surface area contributed by atoms with Crippen molar-refractivity contribution < 1.29 is 9.53 Å². The molecule has 0 radical (unpaired) electrons. The monoisotopic (exact) mass is 267 g/mol. The summed E-state index contributed by atoms with van der Waals surface area (Å²) in [6.45, 7) is 1.76. The molecule has 78 valence electrons. The first-order valence-corrected chi connectivity index (χ1v) is 5.44. The molecule has 0 saturated heterocycles. The van der Waals surface area contributed by atoms with E-state index in [2.05, 4.69) is 15.9 Å². The molecule has 0 fully saturated rings. The highest BCUT2D eigenvalue weighted by Crippen LogP contribution is 2.22. The number of rotatable bonds is 3. The van der Waals surface area contributed by atoms with Crippen molar-refractivity contribution in [3.05, 3.63) is 28.8 Å². The number of benzene rings is 1. The first-order valence-electron chi connectivity index (χ1n) is 4.32. The van der Waals surface area contributed by atoms with Gasteiger partial charge in [0.05, 0.1) is 24.1 Å². The van der Waals surface area contributed by atoms with Crippen molar-refractivity contribution >= 4 is 21.7 Å². The molecule has 1 aromatic carbocycles. The van der Waals surface area contributed by atoms with Crippen molar-refractivity contribution in [3.8, 4) is 11.8 Å². The average Bonchev–Trinajstić information content (AvgIpc) is 2.28. The van der Waals surface area contributed by atoms with Gasteiger partial charge in [0, 0.05) is 5.56 Å². The second-order valence-electron chi connectivity index (χ2n) is 3.02. The number of hydrogen-bond donors (Lipinski definition) is 0. The summed E-state index contributed by atoms with van der Waals surface area (Å²) in [4.78, 5) is 11.6. The van der Waals surface area contributed by atoms with Gasteiger partial charge in [-0.2, -0.15) is 5.26 Å². The van der Waals surface area contributed by atoms with Crippen molar-refractivity contribution in [3.63, 3.8) is 0 Å². The van der Waals surface area contributed by atoms with Crippen LogP contribution in [-0.2, 0) is 0 Å². The third-order valence-corrected chi connectivity index (χ3v) is 2.67. The van der Waals surface area contributed by atoms with E-state index in [1.807, 2.05) is 6.07 Å². The first-order chi connectivity index (χ1) is 7.13. The van der Waals surface area contributed by atoms with E-state index < -0.39 is 0 Å². The van der Waals surface area contributed by atoms with E-state index in [9.17, 15) is 4.79 Å². The molecular formula is C11H10BrNO2. The van der Waals surface area contributed by atoms with E-state index >= 15 is 0 Å². The van der Waals surface area contributed by atoms with E-state index in [4.69, 9.17) is 10.00 Å².